The first-order chi connectivity index (χ1) is 15.6. The second kappa shape index (κ2) is 10.1. The summed E-state index contributed by atoms with van der Waals surface area (Å²) in [4.78, 5) is 6.94. The third-order valence-corrected chi connectivity index (χ3v) is 6.65. The van der Waals surface area contributed by atoms with Gasteiger partial charge < -0.3 is 9.30 Å². The lowest BCUT2D eigenvalue weighted by Gasteiger charge is -2.41. The first-order valence-electron chi connectivity index (χ1n) is 11.3. The molecule has 0 amide bonds. The molecule has 0 spiro atoms. The zero-order valence-corrected chi connectivity index (χ0v) is 19.1. The molecule has 166 valence electrons. The van der Waals surface area contributed by atoms with E-state index >= 15 is 0 Å². The molecule has 1 aliphatic rings. The molecule has 1 saturated heterocycles. The van der Waals surface area contributed by atoms with Crippen LogP contribution in [0.1, 0.15) is 40.8 Å². The summed E-state index contributed by atoms with van der Waals surface area (Å²) in [6, 6.07) is 18.9. The highest BCUT2D eigenvalue weighted by molar-refractivity contribution is 5.31. The van der Waals surface area contributed by atoms with Crippen LogP contribution in [-0.4, -0.2) is 41.3 Å². The number of imidazole rings is 1. The number of hydrogen-bond acceptors (Lipinski definition) is 4. The Morgan fingerprint density at radius 1 is 1.06 bits per heavy atom. The van der Waals surface area contributed by atoms with Gasteiger partial charge in [-0.05, 0) is 62.5 Å². The van der Waals surface area contributed by atoms with Gasteiger partial charge in [0.15, 0.2) is 0 Å². The number of hydrogen-bond donors (Lipinski definition) is 0. The topological polar surface area (TPSA) is 54.1 Å². The number of aryl methyl sites for hydroxylation is 1. The third kappa shape index (κ3) is 5.45. The summed E-state index contributed by atoms with van der Waals surface area (Å²) in [6.45, 7) is 6.79. The number of nitrogens with zero attached hydrogens (tertiary/aromatic N) is 4. The minimum atomic E-state index is 0.210. The summed E-state index contributed by atoms with van der Waals surface area (Å²) >= 11 is 0. The van der Waals surface area contributed by atoms with E-state index in [9.17, 15) is 0 Å². The fraction of sp³-hybridized carbons (Fsp3) is 0.407. The zero-order chi connectivity index (χ0) is 22.4. The van der Waals surface area contributed by atoms with Crippen molar-refractivity contribution in [3.8, 4) is 6.07 Å². The van der Waals surface area contributed by atoms with Crippen LogP contribution in [-0.2, 0) is 24.2 Å². The molecule has 2 aromatic carbocycles. The van der Waals surface area contributed by atoms with Crippen molar-refractivity contribution in [2.24, 2.45) is 5.41 Å². The van der Waals surface area contributed by atoms with Crippen LogP contribution < -0.4 is 0 Å². The van der Waals surface area contributed by atoms with Crippen molar-refractivity contribution in [1.82, 2.24) is 14.5 Å². The fourth-order valence-corrected chi connectivity index (χ4v) is 4.85. The van der Waals surface area contributed by atoms with Crippen molar-refractivity contribution in [3.63, 3.8) is 0 Å². The molecule has 3 aromatic rings. The largest absolute Gasteiger partial charge is 0.384 e. The van der Waals surface area contributed by atoms with Crippen molar-refractivity contribution in [1.29, 1.82) is 5.26 Å². The molecule has 1 aliphatic heterocycles. The summed E-state index contributed by atoms with van der Waals surface area (Å²) in [5.74, 6) is 0. The number of piperidine rings is 1. The van der Waals surface area contributed by atoms with Crippen LogP contribution in [0.15, 0.2) is 61.1 Å². The Morgan fingerprint density at radius 2 is 1.84 bits per heavy atom. The summed E-state index contributed by atoms with van der Waals surface area (Å²) in [6.07, 6.45) is 7.24. The highest BCUT2D eigenvalue weighted by Gasteiger charge is 2.35. The quantitative estimate of drug-likeness (QED) is 0.527. The van der Waals surface area contributed by atoms with E-state index in [4.69, 9.17) is 10.00 Å². The maximum absolute atomic E-state index is 9.00. The molecule has 0 atom stereocenters. The zero-order valence-electron chi connectivity index (χ0n) is 19.1. The van der Waals surface area contributed by atoms with Gasteiger partial charge >= 0.3 is 0 Å². The van der Waals surface area contributed by atoms with Gasteiger partial charge in [0, 0.05) is 31.8 Å². The lowest BCUT2D eigenvalue weighted by atomic mass is 9.74. The molecule has 0 unspecified atom stereocenters. The number of ether oxygens (including phenoxy) is 1. The number of aromatic nitrogens is 2. The van der Waals surface area contributed by atoms with Crippen molar-refractivity contribution < 1.29 is 4.74 Å². The van der Waals surface area contributed by atoms with Crippen molar-refractivity contribution in [2.75, 3.05) is 26.8 Å². The predicted octanol–water partition coefficient (Wildman–Crippen LogP) is 4.58. The van der Waals surface area contributed by atoms with Crippen molar-refractivity contribution >= 4 is 0 Å². The van der Waals surface area contributed by atoms with E-state index in [-0.39, 0.29) is 5.41 Å². The second-order valence-corrected chi connectivity index (χ2v) is 9.20. The van der Waals surface area contributed by atoms with Crippen LogP contribution in [0.5, 0.6) is 0 Å². The third-order valence-electron chi connectivity index (χ3n) is 6.65. The Balaban J connectivity index is 1.38. The highest BCUT2D eigenvalue weighted by Crippen LogP contribution is 2.36. The molecule has 5 nitrogen and oxygen atoms in total. The van der Waals surface area contributed by atoms with E-state index in [1.54, 1.807) is 0 Å². The molecule has 0 aliphatic carbocycles. The summed E-state index contributed by atoms with van der Waals surface area (Å²) < 4.78 is 7.89. The first kappa shape index (κ1) is 22.3. The molecule has 0 bridgehead atoms. The van der Waals surface area contributed by atoms with Crippen LogP contribution >= 0.6 is 0 Å². The Labute approximate surface area is 191 Å². The number of nitriles is 1. The summed E-state index contributed by atoms with van der Waals surface area (Å²) in [5.41, 5.74) is 6.05. The maximum Gasteiger partial charge on any atom is 0.0991 e. The molecular weight excluding hydrogens is 396 g/mol. The molecule has 5 heteroatoms. The van der Waals surface area contributed by atoms with E-state index in [0.29, 0.717) is 5.56 Å². The van der Waals surface area contributed by atoms with Gasteiger partial charge in [-0.15, -0.1) is 0 Å². The predicted molar refractivity (Wildman–Crippen MR) is 126 cm³/mol. The second-order valence-electron chi connectivity index (χ2n) is 9.20. The highest BCUT2D eigenvalue weighted by atomic mass is 16.5. The molecular formula is C27H32N4O. The standard InChI is InChI=1S/C27H32N4O/c1-22-4-3-5-25(14-22)15-27(20-32-2)10-12-30(13-11-27)19-26-17-29-21-31(26)18-24-8-6-23(16-28)7-9-24/h3-9,14,17,21H,10-13,15,18-20H2,1-2H3. The average molecular weight is 429 g/mol. The van der Waals surface area contributed by atoms with Gasteiger partial charge in [-0.25, -0.2) is 4.98 Å². The minimum Gasteiger partial charge on any atom is -0.384 e. The van der Waals surface area contributed by atoms with Crippen molar-refractivity contribution in [3.05, 3.63) is 89.0 Å². The van der Waals surface area contributed by atoms with Crippen molar-refractivity contribution in [2.45, 2.75) is 39.3 Å². The van der Waals surface area contributed by atoms with Crippen LogP contribution in [0, 0.1) is 23.7 Å². The van der Waals surface area contributed by atoms with Gasteiger partial charge in [0.25, 0.3) is 0 Å². The molecule has 1 fully saturated rings. The normalized spacial score (nSPS) is 16.0. The van der Waals surface area contributed by atoms with Crippen LogP contribution in [0.25, 0.3) is 0 Å². The van der Waals surface area contributed by atoms with Crippen LogP contribution in [0.3, 0.4) is 0 Å². The molecule has 0 saturated carbocycles. The fourth-order valence-electron chi connectivity index (χ4n) is 4.85. The van der Waals surface area contributed by atoms with E-state index in [1.807, 2.05) is 43.9 Å². The molecule has 2 heterocycles. The SMILES string of the molecule is COCC1(Cc2cccc(C)c2)CCN(Cc2cncn2Cc2ccc(C#N)cc2)CC1. The van der Waals surface area contributed by atoms with E-state index < -0.39 is 0 Å². The van der Waals surface area contributed by atoms with E-state index in [2.05, 4.69) is 51.7 Å². The number of likely N-dealkylation sites (tertiary alicyclic amines) is 1. The van der Waals surface area contributed by atoms with Crippen LogP contribution in [0.4, 0.5) is 0 Å². The molecule has 0 radical (unpaired) electrons. The molecule has 0 N–H and O–H groups in total. The maximum atomic E-state index is 9.00. The Kier molecular flexibility index (Phi) is 7.04. The minimum absolute atomic E-state index is 0.210. The Morgan fingerprint density at radius 3 is 2.53 bits per heavy atom. The van der Waals surface area contributed by atoms with Gasteiger partial charge in [-0.3, -0.25) is 4.90 Å². The van der Waals surface area contributed by atoms with Gasteiger partial charge in [-0.2, -0.15) is 5.26 Å². The number of methoxy groups -OCH3 is 1. The average Bonchev–Trinajstić information content (AvgIpc) is 3.22. The smallest absolute Gasteiger partial charge is 0.0991 e. The van der Waals surface area contributed by atoms with E-state index in [1.165, 1.54) is 22.4 Å². The van der Waals surface area contributed by atoms with Crippen LogP contribution in [0.2, 0.25) is 0 Å². The van der Waals surface area contributed by atoms with Gasteiger partial charge in [0.1, 0.15) is 0 Å². The molecule has 4 rings (SSSR count). The first-order valence-corrected chi connectivity index (χ1v) is 11.3. The molecule has 1 aromatic heterocycles. The molecule has 32 heavy (non-hydrogen) atoms. The van der Waals surface area contributed by atoms with E-state index in [0.717, 1.165) is 52.0 Å². The number of rotatable bonds is 8. The van der Waals surface area contributed by atoms with Gasteiger partial charge in [-0.1, -0.05) is 42.0 Å². The lowest BCUT2D eigenvalue weighted by Crippen LogP contribution is -2.43. The summed E-state index contributed by atoms with van der Waals surface area (Å²) in [7, 11) is 1.83. The lowest BCUT2D eigenvalue weighted by molar-refractivity contribution is 0.0189. The summed E-state index contributed by atoms with van der Waals surface area (Å²) in [5, 5.41) is 9.00. The number of benzene rings is 2. The monoisotopic (exact) mass is 428 g/mol. The van der Waals surface area contributed by atoms with Gasteiger partial charge in [0.05, 0.1) is 30.3 Å². The Bertz CT molecular complexity index is 1060. The van der Waals surface area contributed by atoms with Gasteiger partial charge in [0.2, 0.25) is 0 Å². The Hall–Kier alpha value is -2.94.